The highest BCUT2D eigenvalue weighted by Crippen LogP contribution is 2.29. The number of nitrogens with zero attached hydrogens (tertiary/aromatic N) is 3. The minimum absolute atomic E-state index is 0.403. The maximum atomic E-state index is 4.67. The molecule has 0 fully saturated rings. The van der Waals surface area contributed by atoms with Crippen LogP contribution in [0, 0.1) is 0 Å². The number of fused-ring (bicyclic) bond motifs is 2. The van der Waals surface area contributed by atoms with Crippen molar-refractivity contribution in [3.8, 4) is 5.95 Å². The molecule has 5 nitrogen and oxygen atoms in total. The van der Waals surface area contributed by atoms with Gasteiger partial charge in [0.25, 0.3) is 0 Å². The van der Waals surface area contributed by atoms with Crippen LogP contribution in [0.1, 0.15) is 36.6 Å². The standard InChI is InChI=1S/C16H19N5/c1-17-12-6-4-5-9-15-11(12)10-18-21(15)16-19-13-7-2-3-8-14(13)20-16/h2-3,7-8,10,12,17H,4-6,9H2,1H3,(H,19,20). The van der Waals surface area contributed by atoms with Gasteiger partial charge in [0.1, 0.15) is 0 Å². The molecule has 2 heterocycles. The lowest BCUT2D eigenvalue weighted by atomic mass is 10.1. The van der Waals surface area contributed by atoms with Crippen molar-refractivity contribution >= 4 is 11.0 Å². The van der Waals surface area contributed by atoms with Crippen molar-refractivity contribution in [2.24, 2.45) is 0 Å². The van der Waals surface area contributed by atoms with Gasteiger partial charge in [-0.3, -0.25) is 0 Å². The number of benzene rings is 1. The van der Waals surface area contributed by atoms with E-state index in [9.17, 15) is 0 Å². The lowest BCUT2D eigenvalue weighted by molar-refractivity contribution is 0.533. The molecule has 1 aliphatic carbocycles. The fourth-order valence-corrected chi connectivity index (χ4v) is 3.25. The number of H-pyrrole nitrogens is 1. The van der Waals surface area contributed by atoms with Gasteiger partial charge in [0, 0.05) is 11.6 Å². The highest BCUT2D eigenvalue weighted by Gasteiger charge is 2.22. The van der Waals surface area contributed by atoms with Gasteiger partial charge in [0.2, 0.25) is 5.95 Å². The predicted octanol–water partition coefficient (Wildman–Crippen LogP) is 2.74. The molecule has 1 atom stereocenters. The Bertz CT molecular complexity index is 737. The van der Waals surface area contributed by atoms with Gasteiger partial charge in [0.15, 0.2) is 0 Å². The number of rotatable bonds is 2. The minimum atomic E-state index is 0.403. The molecule has 0 aliphatic heterocycles. The Morgan fingerprint density at radius 1 is 1.29 bits per heavy atom. The zero-order valence-corrected chi connectivity index (χ0v) is 12.1. The number of para-hydroxylation sites is 2. The van der Waals surface area contributed by atoms with Crippen LogP contribution in [0.25, 0.3) is 17.0 Å². The third-order valence-electron chi connectivity index (χ3n) is 4.36. The molecule has 2 N–H and O–H groups in total. The third kappa shape index (κ3) is 2.05. The van der Waals surface area contributed by atoms with E-state index in [4.69, 9.17) is 0 Å². The number of aromatic nitrogens is 4. The Labute approximate surface area is 123 Å². The van der Waals surface area contributed by atoms with E-state index >= 15 is 0 Å². The van der Waals surface area contributed by atoms with Crippen molar-refractivity contribution in [3.05, 3.63) is 41.7 Å². The molecule has 1 aromatic carbocycles. The lowest BCUT2D eigenvalue weighted by Crippen LogP contribution is -2.16. The second-order valence-electron chi connectivity index (χ2n) is 5.62. The van der Waals surface area contributed by atoms with Crippen molar-refractivity contribution in [2.75, 3.05) is 7.05 Å². The summed E-state index contributed by atoms with van der Waals surface area (Å²) in [6.07, 6.45) is 6.69. The maximum absolute atomic E-state index is 4.67. The number of nitrogens with one attached hydrogen (secondary N) is 2. The molecule has 1 unspecified atom stereocenters. The van der Waals surface area contributed by atoms with E-state index in [2.05, 4.69) is 20.4 Å². The van der Waals surface area contributed by atoms with E-state index in [1.807, 2.05) is 42.2 Å². The smallest absolute Gasteiger partial charge is 0.229 e. The topological polar surface area (TPSA) is 58.5 Å². The first-order valence-electron chi connectivity index (χ1n) is 7.56. The molecule has 0 saturated carbocycles. The Hall–Kier alpha value is -2.14. The molecule has 0 amide bonds. The Balaban J connectivity index is 1.84. The van der Waals surface area contributed by atoms with Gasteiger partial charge in [0.05, 0.1) is 22.9 Å². The van der Waals surface area contributed by atoms with E-state index in [0.29, 0.717) is 6.04 Å². The van der Waals surface area contributed by atoms with Crippen molar-refractivity contribution in [2.45, 2.75) is 31.7 Å². The largest absolute Gasteiger partial charge is 0.322 e. The molecule has 108 valence electrons. The summed E-state index contributed by atoms with van der Waals surface area (Å²) in [5.41, 5.74) is 4.63. The van der Waals surface area contributed by atoms with Crippen molar-refractivity contribution < 1.29 is 0 Å². The lowest BCUT2D eigenvalue weighted by Gasteiger charge is -2.12. The van der Waals surface area contributed by atoms with Crippen molar-refractivity contribution in [1.29, 1.82) is 0 Å². The molecule has 0 spiro atoms. The van der Waals surface area contributed by atoms with E-state index in [1.165, 1.54) is 30.5 Å². The van der Waals surface area contributed by atoms with Gasteiger partial charge in [-0.05, 0) is 38.4 Å². The second kappa shape index (κ2) is 5.00. The van der Waals surface area contributed by atoms with Crippen LogP contribution >= 0.6 is 0 Å². The molecule has 5 heteroatoms. The van der Waals surface area contributed by atoms with Crippen LogP contribution in [0.3, 0.4) is 0 Å². The Morgan fingerprint density at radius 2 is 2.19 bits per heavy atom. The van der Waals surface area contributed by atoms with Crippen LogP contribution in [0.5, 0.6) is 0 Å². The van der Waals surface area contributed by atoms with Gasteiger partial charge in [-0.25, -0.2) is 9.67 Å². The van der Waals surface area contributed by atoms with Gasteiger partial charge in [-0.2, -0.15) is 5.10 Å². The van der Waals surface area contributed by atoms with Gasteiger partial charge < -0.3 is 10.3 Å². The molecular weight excluding hydrogens is 262 g/mol. The molecule has 1 aliphatic rings. The number of aromatic amines is 1. The molecule has 21 heavy (non-hydrogen) atoms. The van der Waals surface area contributed by atoms with E-state index < -0.39 is 0 Å². The summed E-state index contributed by atoms with van der Waals surface area (Å²) < 4.78 is 1.98. The molecule has 0 bridgehead atoms. The Morgan fingerprint density at radius 3 is 3.05 bits per heavy atom. The number of hydrogen-bond donors (Lipinski definition) is 2. The van der Waals surface area contributed by atoms with E-state index in [-0.39, 0.29) is 0 Å². The van der Waals surface area contributed by atoms with Crippen LogP contribution in [0.4, 0.5) is 0 Å². The zero-order valence-electron chi connectivity index (χ0n) is 12.1. The molecule has 2 aromatic heterocycles. The first-order valence-corrected chi connectivity index (χ1v) is 7.56. The monoisotopic (exact) mass is 281 g/mol. The molecule has 0 saturated heterocycles. The minimum Gasteiger partial charge on any atom is -0.322 e. The fourth-order valence-electron chi connectivity index (χ4n) is 3.25. The maximum Gasteiger partial charge on any atom is 0.229 e. The number of hydrogen-bond acceptors (Lipinski definition) is 3. The summed E-state index contributed by atoms with van der Waals surface area (Å²) in [6, 6.07) is 8.50. The summed E-state index contributed by atoms with van der Waals surface area (Å²) >= 11 is 0. The summed E-state index contributed by atoms with van der Waals surface area (Å²) in [4.78, 5) is 8.04. The quantitative estimate of drug-likeness (QED) is 0.710. The summed E-state index contributed by atoms with van der Waals surface area (Å²) in [7, 11) is 2.03. The van der Waals surface area contributed by atoms with Crippen molar-refractivity contribution in [1.82, 2.24) is 25.1 Å². The molecule has 0 radical (unpaired) electrons. The average Bonchev–Trinajstić information content (AvgIpc) is 3.06. The summed E-state index contributed by atoms with van der Waals surface area (Å²) in [6.45, 7) is 0. The highest BCUT2D eigenvalue weighted by atomic mass is 15.4. The van der Waals surface area contributed by atoms with E-state index in [1.54, 1.807) is 0 Å². The first-order chi connectivity index (χ1) is 10.4. The van der Waals surface area contributed by atoms with E-state index in [0.717, 1.165) is 23.4 Å². The SMILES string of the molecule is CNC1CCCCc2c1cnn2-c1nc2ccccc2[nH]1. The second-order valence-corrected chi connectivity index (χ2v) is 5.62. The molecular formula is C16H19N5. The third-order valence-corrected chi connectivity index (χ3v) is 4.36. The molecule has 3 aromatic rings. The van der Waals surface area contributed by atoms with Gasteiger partial charge in [-0.1, -0.05) is 18.6 Å². The van der Waals surface area contributed by atoms with Gasteiger partial charge >= 0.3 is 0 Å². The number of imidazole rings is 1. The highest BCUT2D eigenvalue weighted by molar-refractivity contribution is 5.75. The van der Waals surface area contributed by atoms with Crippen LogP contribution in [-0.4, -0.2) is 26.8 Å². The van der Waals surface area contributed by atoms with Crippen LogP contribution in [-0.2, 0) is 6.42 Å². The fraction of sp³-hybridized carbons (Fsp3) is 0.375. The van der Waals surface area contributed by atoms with Crippen LogP contribution in [0.15, 0.2) is 30.5 Å². The summed E-state index contributed by atoms with van der Waals surface area (Å²) in [5.74, 6) is 0.814. The molecule has 4 rings (SSSR count). The zero-order chi connectivity index (χ0) is 14.2. The predicted molar refractivity (Wildman–Crippen MR) is 82.6 cm³/mol. The Kier molecular flexibility index (Phi) is 3.00. The van der Waals surface area contributed by atoms with Crippen LogP contribution < -0.4 is 5.32 Å². The van der Waals surface area contributed by atoms with Crippen LogP contribution in [0.2, 0.25) is 0 Å². The summed E-state index contributed by atoms with van der Waals surface area (Å²) in [5, 5.41) is 7.99. The normalized spacial score (nSPS) is 18.6. The average molecular weight is 281 g/mol. The van der Waals surface area contributed by atoms with Crippen molar-refractivity contribution in [3.63, 3.8) is 0 Å². The van der Waals surface area contributed by atoms with Gasteiger partial charge in [-0.15, -0.1) is 0 Å². The first kappa shape index (κ1) is 12.6.